The number of hydrazone groups is 1. The molecular weight excluding hydrogens is 468 g/mol. The Morgan fingerprint density at radius 2 is 1.89 bits per heavy atom. The first-order valence-electron chi connectivity index (χ1n) is 12.0. The molecule has 4 N–H and O–H groups in total. The van der Waals surface area contributed by atoms with Crippen LogP contribution in [0.15, 0.2) is 59.3 Å². The van der Waals surface area contributed by atoms with E-state index in [1.54, 1.807) is 31.6 Å². The molecule has 9 heteroatoms. The fourth-order valence-electron chi connectivity index (χ4n) is 4.46. The van der Waals surface area contributed by atoms with Crippen molar-refractivity contribution in [2.45, 2.75) is 39.2 Å². The summed E-state index contributed by atoms with van der Waals surface area (Å²) in [5, 5.41) is 6.07. The number of allylic oxidation sites excluding steroid dienone is 1. The number of aromatic nitrogens is 2. The first-order valence-corrected chi connectivity index (χ1v) is 12.0. The maximum Gasteiger partial charge on any atom is 0.243 e. The number of methoxy groups -OCH3 is 2. The molecule has 1 aromatic heterocycles. The number of hydrogen-bond acceptors (Lipinski definition) is 8. The molecule has 1 aliphatic rings. The molecule has 2 heterocycles. The smallest absolute Gasteiger partial charge is 0.243 e. The van der Waals surface area contributed by atoms with Crippen molar-refractivity contribution in [2.24, 2.45) is 5.10 Å². The van der Waals surface area contributed by atoms with Gasteiger partial charge in [-0.1, -0.05) is 42.0 Å². The van der Waals surface area contributed by atoms with Crippen LogP contribution in [0.5, 0.6) is 11.5 Å². The first-order chi connectivity index (χ1) is 17.8. The second-order valence-corrected chi connectivity index (χ2v) is 9.11. The number of anilines is 2. The highest BCUT2D eigenvalue weighted by molar-refractivity contribution is 5.87. The van der Waals surface area contributed by atoms with Gasteiger partial charge in [-0.2, -0.15) is 10.1 Å². The fraction of sp³-hybridized carbons (Fsp3) is 0.286. The van der Waals surface area contributed by atoms with Crippen molar-refractivity contribution in [1.29, 1.82) is 0 Å². The van der Waals surface area contributed by atoms with E-state index in [0.717, 1.165) is 33.4 Å². The van der Waals surface area contributed by atoms with Crippen LogP contribution < -0.4 is 20.9 Å². The molecule has 1 amide bonds. The number of nitrogens with two attached hydrogens (primary N) is 2. The predicted octanol–water partition coefficient (Wildman–Crippen LogP) is 4.07. The minimum atomic E-state index is -0.255. The van der Waals surface area contributed by atoms with E-state index in [9.17, 15) is 4.79 Å². The van der Waals surface area contributed by atoms with Crippen molar-refractivity contribution < 1.29 is 14.3 Å². The summed E-state index contributed by atoms with van der Waals surface area (Å²) in [7, 11) is 3.17. The molecule has 9 nitrogen and oxygen atoms in total. The third-order valence-corrected chi connectivity index (χ3v) is 6.18. The number of carbonyl (C=O) groups is 1. The molecule has 0 saturated carbocycles. The van der Waals surface area contributed by atoms with Gasteiger partial charge in [-0.15, -0.1) is 0 Å². The van der Waals surface area contributed by atoms with E-state index in [1.165, 1.54) is 0 Å². The number of amides is 1. The number of aryl methyl sites for hydroxylation is 1. The van der Waals surface area contributed by atoms with E-state index < -0.39 is 0 Å². The molecule has 4 rings (SSSR count). The largest absolute Gasteiger partial charge is 0.493 e. The molecule has 0 saturated heterocycles. The van der Waals surface area contributed by atoms with Crippen LogP contribution >= 0.6 is 0 Å². The van der Waals surface area contributed by atoms with Gasteiger partial charge in [0.05, 0.1) is 26.5 Å². The molecule has 2 aromatic carbocycles. The molecule has 0 fully saturated rings. The van der Waals surface area contributed by atoms with Gasteiger partial charge in [0.1, 0.15) is 5.82 Å². The van der Waals surface area contributed by atoms with E-state index in [-0.39, 0.29) is 24.3 Å². The molecule has 192 valence electrons. The molecule has 0 spiro atoms. The molecule has 0 unspecified atom stereocenters. The molecule has 0 aliphatic carbocycles. The van der Waals surface area contributed by atoms with E-state index in [4.69, 9.17) is 20.9 Å². The van der Waals surface area contributed by atoms with Crippen molar-refractivity contribution in [3.05, 3.63) is 82.1 Å². The van der Waals surface area contributed by atoms with Crippen LogP contribution in [-0.2, 0) is 17.6 Å². The van der Waals surface area contributed by atoms with Crippen molar-refractivity contribution in [2.75, 3.05) is 25.7 Å². The first kappa shape index (κ1) is 25.7. The molecule has 0 bridgehead atoms. The van der Waals surface area contributed by atoms with Crippen LogP contribution in [0.4, 0.5) is 11.8 Å². The van der Waals surface area contributed by atoms with Gasteiger partial charge in [0.25, 0.3) is 0 Å². The topological polar surface area (TPSA) is 129 Å². The summed E-state index contributed by atoms with van der Waals surface area (Å²) in [6, 6.07) is 11.6. The van der Waals surface area contributed by atoms with Gasteiger partial charge >= 0.3 is 0 Å². The van der Waals surface area contributed by atoms with Gasteiger partial charge in [-0.25, -0.2) is 9.99 Å². The van der Waals surface area contributed by atoms with Crippen LogP contribution in [0.25, 0.3) is 0 Å². The lowest BCUT2D eigenvalue weighted by Crippen LogP contribution is -2.33. The average Bonchev–Trinajstić information content (AvgIpc) is 2.88. The van der Waals surface area contributed by atoms with Gasteiger partial charge in [0.2, 0.25) is 11.9 Å². The summed E-state index contributed by atoms with van der Waals surface area (Å²) in [6.45, 7) is 4.04. The van der Waals surface area contributed by atoms with E-state index in [2.05, 4.69) is 21.1 Å². The second-order valence-electron chi connectivity index (χ2n) is 9.11. The van der Waals surface area contributed by atoms with E-state index >= 15 is 0 Å². The number of rotatable bonds is 8. The number of nitrogens with zero attached hydrogens (tertiary/aromatic N) is 4. The summed E-state index contributed by atoms with van der Waals surface area (Å²) < 4.78 is 11.2. The Morgan fingerprint density at radius 3 is 2.59 bits per heavy atom. The van der Waals surface area contributed by atoms with Crippen LogP contribution in [0, 0.1) is 0 Å². The summed E-state index contributed by atoms with van der Waals surface area (Å²) in [5.74, 6) is 1.53. The quantitative estimate of drug-likeness (QED) is 0.446. The third-order valence-electron chi connectivity index (χ3n) is 6.18. The number of nitrogen functional groups attached to an aromatic ring is 2. The maximum atomic E-state index is 13.4. The molecule has 1 atom stereocenters. The highest BCUT2D eigenvalue weighted by Gasteiger charge is 2.28. The summed E-state index contributed by atoms with van der Waals surface area (Å²) in [5.41, 5.74) is 17.4. The minimum absolute atomic E-state index is 0.0872. The maximum absolute atomic E-state index is 13.4. The molecule has 3 aromatic rings. The Hall–Kier alpha value is -4.40. The summed E-state index contributed by atoms with van der Waals surface area (Å²) >= 11 is 0. The molecule has 1 aliphatic heterocycles. The van der Waals surface area contributed by atoms with Crippen LogP contribution in [0.2, 0.25) is 0 Å². The summed E-state index contributed by atoms with van der Waals surface area (Å²) in [4.78, 5) is 21.5. The Kier molecular flexibility index (Phi) is 7.71. The van der Waals surface area contributed by atoms with E-state index in [0.29, 0.717) is 30.2 Å². The molecular formula is C28H32N6O3. The van der Waals surface area contributed by atoms with Crippen molar-refractivity contribution in [3.63, 3.8) is 0 Å². The van der Waals surface area contributed by atoms with Gasteiger partial charge < -0.3 is 20.9 Å². The second kappa shape index (κ2) is 11.1. The van der Waals surface area contributed by atoms with Crippen LogP contribution in [-0.4, -0.2) is 41.3 Å². The van der Waals surface area contributed by atoms with Crippen LogP contribution in [0.3, 0.4) is 0 Å². The highest BCUT2D eigenvalue weighted by Crippen LogP contribution is 2.35. The number of hydrogen-bond donors (Lipinski definition) is 2. The summed E-state index contributed by atoms with van der Waals surface area (Å²) in [6.07, 6.45) is 6.58. The normalized spacial score (nSPS) is 14.2. The lowest BCUT2D eigenvalue weighted by molar-refractivity contribution is -0.132. The molecule has 0 radical (unpaired) electrons. The number of benzene rings is 2. The molecule has 37 heavy (non-hydrogen) atoms. The number of carbonyl (C=O) groups excluding carboxylic acids is 1. The zero-order chi connectivity index (χ0) is 26.5. The standard InChI is InChI=1S/C28H32N6O3/c1-17(2)11-23-22-8-6-5-7-20(22)16-32-34(23)25(35)10-9-19-12-18(14-24(36-3)26(19)37-4)13-21-15-31-28(30)33-27(21)29/h5-8,11-12,14-16,23H,9-10,13H2,1-4H3,(H4,29,30,31,33)/t23-/m1/s1. The lowest BCUT2D eigenvalue weighted by atomic mass is 9.96. The monoisotopic (exact) mass is 500 g/mol. The Bertz CT molecular complexity index is 1360. The van der Waals surface area contributed by atoms with Crippen molar-refractivity contribution in [3.8, 4) is 11.5 Å². The number of ether oxygens (including phenoxy) is 2. The number of fused-ring (bicyclic) bond motifs is 1. The lowest BCUT2D eigenvalue weighted by Gasteiger charge is -2.30. The van der Waals surface area contributed by atoms with E-state index in [1.807, 2.05) is 50.2 Å². The van der Waals surface area contributed by atoms with Gasteiger partial charge in [-0.3, -0.25) is 4.79 Å². The minimum Gasteiger partial charge on any atom is -0.493 e. The van der Waals surface area contributed by atoms with Gasteiger partial charge in [0, 0.05) is 30.2 Å². The Balaban J connectivity index is 1.59. The fourth-order valence-corrected chi connectivity index (χ4v) is 4.46. The van der Waals surface area contributed by atoms with Crippen molar-refractivity contribution >= 4 is 23.9 Å². The van der Waals surface area contributed by atoms with Crippen LogP contribution in [0.1, 0.15) is 54.1 Å². The van der Waals surface area contributed by atoms with Gasteiger partial charge in [0.15, 0.2) is 11.5 Å². The highest BCUT2D eigenvalue weighted by atomic mass is 16.5. The predicted molar refractivity (Wildman–Crippen MR) is 145 cm³/mol. The average molecular weight is 501 g/mol. The Morgan fingerprint density at radius 1 is 1.11 bits per heavy atom. The van der Waals surface area contributed by atoms with Gasteiger partial charge in [-0.05, 0) is 43.0 Å². The third kappa shape index (κ3) is 5.72. The zero-order valence-corrected chi connectivity index (χ0v) is 21.6. The Labute approximate surface area is 216 Å². The zero-order valence-electron chi connectivity index (χ0n) is 21.6. The van der Waals surface area contributed by atoms with Crippen molar-refractivity contribution in [1.82, 2.24) is 15.0 Å². The SMILES string of the molecule is COc1cc(Cc2cnc(N)nc2N)cc(CCC(=O)N2N=Cc3ccccc3[C@H]2C=C(C)C)c1OC.